The molecule has 2 aromatic carbocycles. The van der Waals surface area contributed by atoms with Crippen LogP contribution in [0.3, 0.4) is 0 Å². The van der Waals surface area contributed by atoms with Gasteiger partial charge in [0.15, 0.2) is 0 Å². The quantitative estimate of drug-likeness (QED) is 0.769. The summed E-state index contributed by atoms with van der Waals surface area (Å²) in [6.07, 6.45) is 1.97. The van der Waals surface area contributed by atoms with Gasteiger partial charge in [0.1, 0.15) is 11.8 Å². The third kappa shape index (κ3) is 3.47. The number of hydrogen-bond acceptors (Lipinski definition) is 4. The minimum absolute atomic E-state index is 0.201. The predicted octanol–water partition coefficient (Wildman–Crippen LogP) is 2.67. The molecule has 0 aromatic heterocycles. The zero-order chi connectivity index (χ0) is 19.0. The van der Waals surface area contributed by atoms with Crippen molar-refractivity contribution < 1.29 is 9.59 Å². The molecule has 0 radical (unpaired) electrons. The van der Waals surface area contributed by atoms with Crippen LogP contribution < -0.4 is 16.1 Å². The van der Waals surface area contributed by atoms with E-state index in [0.717, 1.165) is 28.6 Å². The number of para-hydroxylation sites is 1. The predicted molar refractivity (Wildman–Crippen MR) is 107 cm³/mol. The van der Waals surface area contributed by atoms with Crippen molar-refractivity contribution in [3.8, 4) is 0 Å². The Hall–Kier alpha value is -2.67. The number of halogens is 1. The Balaban J connectivity index is 1.55. The number of hydrogen-bond donors (Lipinski definition) is 2. The van der Waals surface area contributed by atoms with Gasteiger partial charge in [-0.2, -0.15) is 5.10 Å². The minimum Gasteiger partial charge on any atom is -0.368 e. The van der Waals surface area contributed by atoms with Crippen LogP contribution >= 0.6 is 15.9 Å². The van der Waals surface area contributed by atoms with Crippen LogP contribution in [0.5, 0.6) is 0 Å². The second-order valence-electron chi connectivity index (χ2n) is 6.89. The van der Waals surface area contributed by atoms with Crippen molar-refractivity contribution in [2.45, 2.75) is 30.8 Å². The first kappa shape index (κ1) is 17.7. The average Bonchev–Trinajstić information content (AvgIpc) is 3.30. The van der Waals surface area contributed by atoms with Crippen molar-refractivity contribution in [1.29, 1.82) is 0 Å². The molecular weight excluding hydrogens is 408 g/mol. The van der Waals surface area contributed by atoms with E-state index in [1.807, 2.05) is 54.6 Å². The van der Waals surface area contributed by atoms with Crippen LogP contribution in [0.2, 0.25) is 0 Å². The van der Waals surface area contributed by atoms with E-state index in [4.69, 9.17) is 5.73 Å². The number of primary amides is 1. The Morgan fingerprint density at radius 3 is 2.37 bits per heavy atom. The number of carbonyl (C=O) groups excluding carboxylic acids is 2. The van der Waals surface area contributed by atoms with Gasteiger partial charge in [0.25, 0.3) is 5.91 Å². The van der Waals surface area contributed by atoms with Crippen molar-refractivity contribution in [2.24, 2.45) is 10.8 Å². The lowest BCUT2D eigenvalue weighted by molar-refractivity contribution is -0.119. The summed E-state index contributed by atoms with van der Waals surface area (Å²) in [7, 11) is 0. The van der Waals surface area contributed by atoms with E-state index in [1.165, 1.54) is 5.01 Å². The Morgan fingerprint density at radius 2 is 1.78 bits per heavy atom. The summed E-state index contributed by atoms with van der Waals surface area (Å²) < 4.78 is 0.997. The fourth-order valence-electron chi connectivity index (χ4n) is 3.36. The smallest absolute Gasteiger partial charge is 0.268 e. The molecule has 1 aliphatic carbocycles. The number of nitrogens with one attached hydrogen (secondary N) is 1. The molecule has 2 amide bonds. The van der Waals surface area contributed by atoms with Crippen LogP contribution in [-0.2, 0) is 15.1 Å². The van der Waals surface area contributed by atoms with Gasteiger partial charge in [0.2, 0.25) is 5.91 Å². The van der Waals surface area contributed by atoms with Gasteiger partial charge < -0.3 is 11.1 Å². The highest BCUT2D eigenvalue weighted by molar-refractivity contribution is 9.10. The van der Waals surface area contributed by atoms with Gasteiger partial charge in [-0.1, -0.05) is 46.3 Å². The van der Waals surface area contributed by atoms with Gasteiger partial charge in [-0.15, -0.1) is 0 Å². The van der Waals surface area contributed by atoms with Crippen molar-refractivity contribution in [1.82, 2.24) is 5.32 Å². The van der Waals surface area contributed by atoms with E-state index >= 15 is 0 Å². The highest BCUT2D eigenvalue weighted by Gasteiger charge is 2.47. The molecule has 1 saturated carbocycles. The number of carbonyl (C=O) groups is 2. The number of benzene rings is 2. The third-order valence-corrected chi connectivity index (χ3v) is 5.55. The maximum atomic E-state index is 12.9. The lowest BCUT2D eigenvalue weighted by Crippen LogP contribution is -2.41. The number of nitrogens with two attached hydrogens (primary N) is 1. The number of hydrazone groups is 1. The molecule has 2 aromatic rings. The molecule has 7 heteroatoms. The summed E-state index contributed by atoms with van der Waals surface area (Å²) in [4.78, 5) is 24.7. The highest BCUT2D eigenvalue weighted by Crippen LogP contribution is 2.45. The van der Waals surface area contributed by atoms with Crippen LogP contribution in [0.4, 0.5) is 5.69 Å². The molecule has 1 heterocycles. The first-order valence-corrected chi connectivity index (χ1v) is 9.57. The van der Waals surface area contributed by atoms with E-state index < -0.39 is 11.9 Å². The second kappa shape index (κ2) is 6.81. The Morgan fingerprint density at radius 1 is 1.11 bits per heavy atom. The summed E-state index contributed by atoms with van der Waals surface area (Å²) in [5.41, 5.74) is 7.33. The Bertz CT molecular complexity index is 907. The summed E-state index contributed by atoms with van der Waals surface area (Å²) in [5.74, 6) is -0.750. The number of rotatable bonds is 5. The summed E-state index contributed by atoms with van der Waals surface area (Å²) in [6, 6.07) is 16.6. The van der Waals surface area contributed by atoms with Gasteiger partial charge in [0.05, 0.1) is 11.2 Å². The summed E-state index contributed by atoms with van der Waals surface area (Å²) in [5, 5.41) is 9.06. The van der Waals surface area contributed by atoms with Crippen LogP contribution in [0, 0.1) is 0 Å². The van der Waals surface area contributed by atoms with Gasteiger partial charge in [-0.05, 0) is 42.7 Å². The molecule has 3 N–H and O–H groups in total. The highest BCUT2D eigenvalue weighted by atomic mass is 79.9. The van der Waals surface area contributed by atoms with Crippen LogP contribution in [0.1, 0.15) is 24.8 Å². The fourth-order valence-corrected chi connectivity index (χ4v) is 3.62. The number of nitrogens with zero attached hydrogens (tertiary/aromatic N) is 2. The maximum Gasteiger partial charge on any atom is 0.268 e. The Kier molecular flexibility index (Phi) is 4.47. The minimum atomic E-state index is -0.656. The third-order valence-electron chi connectivity index (χ3n) is 5.02. The first-order valence-electron chi connectivity index (χ1n) is 8.78. The number of amides is 2. The molecular formula is C20H19BrN4O2. The zero-order valence-corrected chi connectivity index (χ0v) is 16.1. The van der Waals surface area contributed by atoms with Crippen LogP contribution in [-0.4, -0.2) is 23.6 Å². The van der Waals surface area contributed by atoms with Crippen molar-refractivity contribution >= 4 is 39.1 Å². The van der Waals surface area contributed by atoms with Crippen LogP contribution in [0.15, 0.2) is 64.2 Å². The molecule has 4 rings (SSSR count). The van der Waals surface area contributed by atoms with Crippen molar-refractivity contribution in [3.63, 3.8) is 0 Å². The maximum absolute atomic E-state index is 12.9. The molecule has 1 fully saturated rings. The van der Waals surface area contributed by atoms with E-state index in [0.29, 0.717) is 5.71 Å². The lowest BCUT2D eigenvalue weighted by Gasteiger charge is -2.20. The van der Waals surface area contributed by atoms with Gasteiger partial charge >= 0.3 is 0 Å². The molecule has 0 spiro atoms. The topological polar surface area (TPSA) is 87.8 Å². The number of anilines is 1. The normalized spacial score (nSPS) is 20.1. The van der Waals surface area contributed by atoms with Gasteiger partial charge in [-0.25, -0.2) is 0 Å². The average molecular weight is 427 g/mol. The van der Waals surface area contributed by atoms with Crippen molar-refractivity contribution in [2.75, 3.05) is 5.01 Å². The SMILES string of the molecule is NC(=O)C1CC(C(=O)NC2(c3ccc(Br)cc3)CC2)=NN1c1ccccc1. The largest absolute Gasteiger partial charge is 0.368 e. The Labute approximate surface area is 165 Å². The second-order valence-corrected chi connectivity index (χ2v) is 7.81. The monoisotopic (exact) mass is 426 g/mol. The van der Waals surface area contributed by atoms with Gasteiger partial charge in [-0.3, -0.25) is 14.6 Å². The summed E-state index contributed by atoms with van der Waals surface area (Å²) in [6.45, 7) is 0. The molecule has 1 aliphatic heterocycles. The molecule has 2 aliphatic rings. The summed E-state index contributed by atoms with van der Waals surface area (Å²) >= 11 is 3.43. The molecule has 1 atom stereocenters. The van der Waals surface area contributed by atoms with E-state index in [2.05, 4.69) is 26.3 Å². The molecule has 27 heavy (non-hydrogen) atoms. The molecule has 6 nitrogen and oxygen atoms in total. The molecule has 0 saturated heterocycles. The lowest BCUT2D eigenvalue weighted by atomic mass is 10.0. The van der Waals surface area contributed by atoms with Crippen molar-refractivity contribution in [3.05, 3.63) is 64.6 Å². The van der Waals surface area contributed by atoms with E-state index in [-0.39, 0.29) is 17.9 Å². The molecule has 1 unspecified atom stereocenters. The van der Waals surface area contributed by atoms with Gasteiger partial charge in [0, 0.05) is 10.9 Å². The molecule has 138 valence electrons. The fraction of sp³-hybridized carbons (Fsp3) is 0.250. The standard InChI is InChI=1S/C20H19BrN4O2/c21-14-8-6-13(7-9-14)20(10-11-20)23-19(27)16-12-17(18(22)26)25(24-16)15-4-2-1-3-5-15/h1-9,17H,10-12H2,(H2,22,26)(H,23,27). The van der Waals surface area contributed by atoms with E-state index in [1.54, 1.807) is 0 Å². The zero-order valence-electron chi connectivity index (χ0n) is 14.6. The van der Waals surface area contributed by atoms with E-state index in [9.17, 15) is 9.59 Å². The molecule has 0 bridgehead atoms. The van der Waals surface area contributed by atoms with Crippen LogP contribution in [0.25, 0.3) is 0 Å². The first-order chi connectivity index (χ1) is 13.0.